The molecule has 2 nitrogen and oxygen atoms in total. The fraction of sp³-hybridized carbons (Fsp3) is 0. The molecule has 0 radical (unpaired) electrons. The molecule has 12 rings (SSSR count). The van der Waals surface area contributed by atoms with E-state index in [-0.39, 0.29) is 34.4 Å². The van der Waals surface area contributed by atoms with E-state index in [4.69, 9.17) is 0 Å². The molecule has 0 heterocycles. The molecule has 0 spiro atoms. The van der Waals surface area contributed by atoms with Crippen molar-refractivity contribution >= 4 is 66.4 Å². The first-order valence-electron chi connectivity index (χ1n) is 23.3. The van der Waals surface area contributed by atoms with Gasteiger partial charge in [-0.15, -0.1) is 0 Å². The third-order valence-corrected chi connectivity index (χ3v) is 13.3. The molecule has 8 heteroatoms. The smallest absolute Gasteiger partial charge is 0.147 e. The molecule has 72 heavy (non-hydrogen) atoms. The lowest BCUT2D eigenvalue weighted by Crippen LogP contribution is -2.14. The average Bonchev–Trinajstić information content (AvgIpc) is 3.40. The van der Waals surface area contributed by atoms with E-state index in [2.05, 4.69) is 0 Å². The van der Waals surface area contributed by atoms with E-state index in [0.717, 1.165) is 65.7 Å². The first-order chi connectivity index (χ1) is 35.1. The van der Waals surface area contributed by atoms with Crippen molar-refractivity contribution in [3.8, 4) is 44.5 Å². The fourth-order valence-electron chi connectivity index (χ4n) is 9.91. The first-order valence-corrected chi connectivity index (χ1v) is 23.3. The van der Waals surface area contributed by atoms with Gasteiger partial charge in [0, 0.05) is 11.4 Å². The number of nitrogens with zero attached hydrogens (tertiary/aromatic N) is 2. The van der Waals surface area contributed by atoms with Crippen molar-refractivity contribution < 1.29 is 26.3 Å². The summed E-state index contributed by atoms with van der Waals surface area (Å²) >= 11 is 0. The summed E-state index contributed by atoms with van der Waals surface area (Å²) in [5.41, 5.74) is 7.92. The van der Waals surface area contributed by atoms with Crippen molar-refractivity contribution in [1.29, 1.82) is 0 Å². The standard InChI is InChI=1S/C64H38F6N2/c65-51-25-19-39(20-26-51)41-7-5-9-43(31-41)45-23-29-57(69)61(37-45)71(59-13-3-1-11-55(59)67)53-33-47-15-17-49-35-54(36-50-18-16-48(34-53)63(47)64(49)50)72(60-14-4-2-12-56(60)68)62-38-46(24-30-58(62)70)44-10-6-8-42(32-44)40-21-27-52(66)28-22-40/h1-38H. The van der Waals surface area contributed by atoms with Crippen molar-refractivity contribution in [3.05, 3.63) is 265 Å². The Hall–Kier alpha value is -9.14. The Morgan fingerprint density at radius 3 is 0.889 bits per heavy atom. The van der Waals surface area contributed by atoms with Gasteiger partial charge in [0.25, 0.3) is 0 Å². The first kappa shape index (κ1) is 44.1. The normalized spacial score (nSPS) is 11.5. The number of hydrogen-bond donors (Lipinski definition) is 0. The van der Waals surface area contributed by atoms with Gasteiger partial charge in [-0.2, -0.15) is 0 Å². The van der Waals surface area contributed by atoms with Crippen LogP contribution in [-0.4, -0.2) is 0 Å². The summed E-state index contributed by atoms with van der Waals surface area (Å²) in [7, 11) is 0. The molecule has 0 N–H and O–H groups in total. The number of anilines is 6. The van der Waals surface area contributed by atoms with Crippen LogP contribution in [0.15, 0.2) is 231 Å². The van der Waals surface area contributed by atoms with Gasteiger partial charge in [0.05, 0.1) is 22.7 Å². The minimum Gasteiger partial charge on any atom is -0.305 e. The van der Waals surface area contributed by atoms with Crippen LogP contribution in [0.1, 0.15) is 0 Å². The van der Waals surface area contributed by atoms with E-state index in [0.29, 0.717) is 22.5 Å². The van der Waals surface area contributed by atoms with Gasteiger partial charge in [-0.3, -0.25) is 0 Å². The molecule has 0 aliphatic rings. The van der Waals surface area contributed by atoms with Crippen LogP contribution in [0, 0.1) is 34.9 Å². The third-order valence-electron chi connectivity index (χ3n) is 13.3. The summed E-state index contributed by atoms with van der Waals surface area (Å²) in [6.07, 6.45) is 0. The molecule has 0 saturated heterocycles. The highest BCUT2D eigenvalue weighted by molar-refractivity contribution is 6.24. The van der Waals surface area contributed by atoms with E-state index in [9.17, 15) is 8.78 Å². The van der Waals surface area contributed by atoms with Gasteiger partial charge in [0.2, 0.25) is 0 Å². The second-order valence-electron chi connectivity index (χ2n) is 17.7. The number of halogens is 6. The zero-order valence-electron chi connectivity index (χ0n) is 38.1. The molecule has 0 fully saturated rings. The van der Waals surface area contributed by atoms with Crippen LogP contribution in [0.2, 0.25) is 0 Å². The summed E-state index contributed by atoms with van der Waals surface area (Å²) in [6.45, 7) is 0. The quantitative estimate of drug-likeness (QED) is 0.0996. The molecule has 12 aromatic carbocycles. The fourth-order valence-corrected chi connectivity index (χ4v) is 9.91. The summed E-state index contributed by atoms with van der Waals surface area (Å²) in [6, 6.07) is 65.4. The molecule has 346 valence electrons. The zero-order valence-corrected chi connectivity index (χ0v) is 38.1. The van der Waals surface area contributed by atoms with Gasteiger partial charge in [-0.05, 0) is 186 Å². The topological polar surface area (TPSA) is 6.48 Å². The van der Waals surface area contributed by atoms with E-state index in [1.807, 2.05) is 97.1 Å². The Bertz CT molecular complexity index is 3690. The van der Waals surface area contributed by atoms with Crippen molar-refractivity contribution in [1.82, 2.24) is 0 Å². The Labute approximate surface area is 410 Å². The number of hydrogen-bond acceptors (Lipinski definition) is 2. The van der Waals surface area contributed by atoms with Crippen molar-refractivity contribution in [3.63, 3.8) is 0 Å². The summed E-state index contributed by atoms with van der Waals surface area (Å²) in [4.78, 5) is 3.19. The Balaban J connectivity index is 0.972. The average molecular weight is 949 g/mol. The van der Waals surface area contributed by atoms with E-state index < -0.39 is 23.3 Å². The molecular formula is C64H38F6N2. The highest BCUT2D eigenvalue weighted by Crippen LogP contribution is 2.47. The maximum absolute atomic E-state index is 16.5. The molecule has 12 aromatic rings. The van der Waals surface area contributed by atoms with Gasteiger partial charge in [0.15, 0.2) is 0 Å². The van der Waals surface area contributed by atoms with Gasteiger partial charge >= 0.3 is 0 Å². The van der Waals surface area contributed by atoms with E-state index in [1.54, 1.807) is 94.7 Å². The summed E-state index contributed by atoms with van der Waals surface area (Å²) < 4.78 is 92.7. The molecule has 0 bridgehead atoms. The molecular weight excluding hydrogens is 911 g/mol. The molecule has 0 aromatic heterocycles. The van der Waals surface area contributed by atoms with Crippen LogP contribution in [0.5, 0.6) is 0 Å². The van der Waals surface area contributed by atoms with Gasteiger partial charge in [0.1, 0.15) is 34.9 Å². The summed E-state index contributed by atoms with van der Waals surface area (Å²) in [5, 5.41) is 5.06. The Morgan fingerprint density at radius 1 is 0.222 bits per heavy atom. The second kappa shape index (κ2) is 18.0. The van der Waals surface area contributed by atoms with Crippen LogP contribution < -0.4 is 9.80 Å². The Morgan fingerprint density at radius 2 is 0.528 bits per heavy atom. The minimum absolute atomic E-state index is 0.132. The highest BCUT2D eigenvalue weighted by Gasteiger charge is 2.25. The predicted molar refractivity (Wildman–Crippen MR) is 281 cm³/mol. The molecule has 0 amide bonds. The largest absolute Gasteiger partial charge is 0.305 e. The van der Waals surface area contributed by atoms with Crippen LogP contribution >= 0.6 is 0 Å². The SMILES string of the molecule is Fc1ccc(-c2cccc(-c3ccc(F)c(N(c4cc5ccc6cc(N(c7ccccc7F)c7cc(-c8cccc(-c9ccc(F)cc9)c8)ccc7F)cc7ccc(c4)c5c67)c4ccccc4F)c3)c2)cc1. The van der Waals surface area contributed by atoms with Crippen LogP contribution in [0.3, 0.4) is 0 Å². The maximum Gasteiger partial charge on any atom is 0.147 e. The highest BCUT2D eigenvalue weighted by atomic mass is 19.1. The number of benzene rings is 12. The molecule has 0 atom stereocenters. The van der Waals surface area contributed by atoms with Gasteiger partial charge in [-0.25, -0.2) is 26.3 Å². The zero-order chi connectivity index (χ0) is 49.0. The lowest BCUT2D eigenvalue weighted by atomic mass is 9.92. The van der Waals surface area contributed by atoms with Crippen molar-refractivity contribution in [2.75, 3.05) is 9.80 Å². The molecule has 0 aliphatic carbocycles. The van der Waals surface area contributed by atoms with Crippen molar-refractivity contribution in [2.24, 2.45) is 0 Å². The molecule has 0 saturated carbocycles. The third kappa shape index (κ3) is 8.02. The maximum atomic E-state index is 16.5. The second-order valence-corrected chi connectivity index (χ2v) is 17.7. The minimum atomic E-state index is -0.561. The lowest BCUT2D eigenvalue weighted by Gasteiger charge is -2.28. The predicted octanol–water partition coefficient (Wildman–Crippen LogP) is 19.0. The van der Waals surface area contributed by atoms with Crippen LogP contribution in [0.25, 0.3) is 76.8 Å². The number of para-hydroxylation sites is 2. The molecule has 0 unspecified atom stereocenters. The monoisotopic (exact) mass is 948 g/mol. The van der Waals surface area contributed by atoms with Gasteiger partial charge in [-0.1, -0.05) is 121 Å². The lowest BCUT2D eigenvalue weighted by molar-refractivity contribution is 0.619. The van der Waals surface area contributed by atoms with E-state index >= 15 is 17.6 Å². The van der Waals surface area contributed by atoms with Crippen LogP contribution in [0.4, 0.5) is 60.5 Å². The summed E-state index contributed by atoms with van der Waals surface area (Å²) in [5.74, 6) is -2.88. The molecule has 0 aliphatic heterocycles. The van der Waals surface area contributed by atoms with Crippen LogP contribution in [-0.2, 0) is 0 Å². The van der Waals surface area contributed by atoms with E-state index in [1.165, 1.54) is 48.5 Å². The van der Waals surface area contributed by atoms with Crippen molar-refractivity contribution in [2.45, 2.75) is 0 Å². The number of rotatable bonds is 10. The van der Waals surface area contributed by atoms with Gasteiger partial charge < -0.3 is 9.80 Å². The Kier molecular flexibility index (Phi) is 11.0.